The largest absolute Gasteiger partial charge is 0.492 e. The van der Waals surface area contributed by atoms with E-state index in [1.807, 2.05) is 4.90 Å². The van der Waals surface area contributed by atoms with Crippen LogP contribution in [-0.2, 0) is 27.8 Å². The molecule has 9 heteroatoms. The highest BCUT2D eigenvalue weighted by Crippen LogP contribution is 2.29. The van der Waals surface area contributed by atoms with Gasteiger partial charge in [-0.1, -0.05) is 0 Å². The van der Waals surface area contributed by atoms with Crippen LogP contribution in [0.4, 0.5) is 5.69 Å². The number of carbonyl (C=O) groups is 1. The van der Waals surface area contributed by atoms with Gasteiger partial charge >= 0.3 is 0 Å². The van der Waals surface area contributed by atoms with Gasteiger partial charge < -0.3 is 15.0 Å². The maximum atomic E-state index is 12.6. The summed E-state index contributed by atoms with van der Waals surface area (Å²) in [5, 5.41) is 5.11. The average Bonchev–Trinajstić information content (AvgIpc) is 3.14. The van der Waals surface area contributed by atoms with Gasteiger partial charge in [-0.05, 0) is 48.6 Å². The Labute approximate surface area is 170 Å². The van der Waals surface area contributed by atoms with E-state index in [-0.39, 0.29) is 17.3 Å². The van der Waals surface area contributed by atoms with Crippen LogP contribution < -0.4 is 10.1 Å². The van der Waals surface area contributed by atoms with Gasteiger partial charge in [0, 0.05) is 37.7 Å². The van der Waals surface area contributed by atoms with Gasteiger partial charge in [0.05, 0.1) is 13.2 Å². The fourth-order valence-electron chi connectivity index (χ4n) is 3.04. The molecule has 2 aromatic rings. The third-order valence-corrected chi connectivity index (χ3v) is 7.47. The Kier molecular flexibility index (Phi) is 6.26. The van der Waals surface area contributed by atoms with Crippen LogP contribution in [0.5, 0.6) is 5.75 Å². The van der Waals surface area contributed by atoms with Crippen LogP contribution in [0.2, 0.25) is 0 Å². The molecule has 1 N–H and O–H groups in total. The number of rotatable bonds is 7. The lowest BCUT2D eigenvalue weighted by Crippen LogP contribution is -2.38. The molecule has 2 heterocycles. The van der Waals surface area contributed by atoms with Gasteiger partial charge in [-0.2, -0.15) is 0 Å². The van der Waals surface area contributed by atoms with E-state index in [0.717, 1.165) is 10.7 Å². The predicted molar refractivity (Wildman–Crippen MR) is 110 cm³/mol. The molecule has 0 atom stereocenters. The first-order valence-corrected chi connectivity index (χ1v) is 11.4. The van der Waals surface area contributed by atoms with Gasteiger partial charge in [0.15, 0.2) is 0 Å². The van der Waals surface area contributed by atoms with Gasteiger partial charge in [-0.25, -0.2) is 12.7 Å². The van der Waals surface area contributed by atoms with Crippen molar-refractivity contribution in [3.8, 4) is 5.75 Å². The molecule has 1 aliphatic rings. The number of carbonyl (C=O) groups excluding carboxylic acids is 1. The van der Waals surface area contributed by atoms with Gasteiger partial charge in [-0.15, -0.1) is 11.3 Å². The topological polar surface area (TPSA) is 79.0 Å². The third kappa shape index (κ3) is 4.31. The Bertz CT molecular complexity index is 954. The first-order chi connectivity index (χ1) is 13.3. The summed E-state index contributed by atoms with van der Waals surface area (Å²) in [6.45, 7) is 3.60. The fraction of sp³-hybridized carbons (Fsp3) is 0.421. The van der Waals surface area contributed by atoms with Crippen LogP contribution >= 0.6 is 11.3 Å². The minimum atomic E-state index is -3.66. The van der Waals surface area contributed by atoms with Crippen molar-refractivity contribution >= 4 is 33.0 Å². The summed E-state index contributed by atoms with van der Waals surface area (Å²) < 4.78 is 31.8. The highest BCUT2D eigenvalue weighted by atomic mass is 32.2. The maximum absolute atomic E-state index is 12.6. The quantitative estimate of drug-likeness (QED) is 0.740. The molecule has 1 aromatic heterocycles. The second kappa shape index (κ2) is 8.50. The molecule has 152 valence electrons. The molecule has 0 saturated heterocycles. The molecular weight excluding hydrogens is 398 g/mol. The number of hydrogen-bond acceptors (Lipinski definition) is 6. The maximum Gasteiger partial charge on any atom is 0.246 e. The molecule has 1 aromatic carbocycles. The molecule has 0 bridgehead atoms. The van der Waals surface area contributed by atoms with Crippen LogP contribution in [-0.4, -0.2) is 57.3 Å². The van der Waals surface area contributed by atoms with Gasteiger partial charge in [-0.3, -0.25) is 4.79 Å². The number of sulfonamides is 1. The normalized spacial score (nSPS) is 14.1. The Hall–Kier alpha value is -2.10. The summed E-state index contributed by atoms with van der Waals surface area (Å²) in [5.74, 6) is 0.289. The van der Waals surface area contributed by atoms with E-state index in [1.54, 1.807) is 30.4 Å². The lowest BCUT2D eigenvalue weighted by Gasteiger charge is -2.27. The zero-order chi connectivity index (χ0) is 20.3. The van der Waals surface area contributed by atoms with Crippen molar-refractivity contribution in [2.45, 2.75) is 24.8 Å². The zero-order valence-corrected chi connectivity index (χ0v) is 17.9. The minimum absolute atomic E-state index is 0.0113. The number of benzene rings is 1. The van der Waals surface area contributed by atoms with E-state index in [0.29, 0.717) is 31.1 Å². The van der Waals surface area contributed by atoms with Crippen molar-refractivity contribution in [1.29, 1.82) is 0 Å². The highest BCUT2D eigenvalue weighted by molar-refractivity contribution is 7.89. The van der Waals surface area contributed by atoms with Gasteiger partial charge in [0.1, 0.15) is 10.6 Å². The van der Waals surface area contributed by atoms with Crippen molar-refractivity contribution in [2.24, 2.45) is 0 Å². The van der Waals surface area contributed by atoms with E-state index in [2.05, 4.69) is 16.8 Å². The first kappa shape index (κ1) is 20.6. The Morgan fingerprint density at radius 2 is 2.11 bits per heavy atom. The Balaban J connectivity index is 1.71. The van der Waals surface area contributed by atoms with Crippen molar-refractivity contribution in [1.82, 2.24) is 9.21 Å². The van der Waals surface area contributed by atoms with Crippen LogP contribution in [0.25, 0.3) is 0 Å². The number of thiophene rings is 1. The minimum Gasteiger partial charge on any atom is -0.492 e. The predicted octanol–water partition coefficient (Wildman–Crippen LogP) is 2.39. The van der Waals surface area contributed by atoms with Crippen molar-refractivity contribution in [3.05, 3.63) is 40.1 Å². The average molecular weight is 424 g/mol. The third-order valence-electron chi connectivity index (χ3n) is 4.61. The summed E-state index contributed by atoms with van der Waals surface area (Å²) in [7, 11) is -0.712. The summed E-state index contributed by atoms with van der Waals surface area (Å²) >= 11 is 1.73. The van der Waals surface area contributed by atoms with E-state index < -0.39 is 10.0 Å². The van der Waals surface area contributed by atoms with Crippen molar-refractivity contribution in [3.63, 3.8) is 0 Å². The number of anilines is 1. The number of ether oxygens (including phenoxy) is 1. The molecule has 28 heavy (non-hydrogen) atoms. The van der Waals surface area contributed by atoms with Crippen LogP contribution in [0.1, 0.15) is 17.4 Å². The molecule has 7 nitrogen and oxygen atoms in total. The summed E-state index contributed by atoms with van der Waals surface area (Å²) in [4.78, 5) is 15.8. The van der Waals surface area contributed by atoms with E-state index in [9.17, 15) is 13.2 Å². The lowest BCUT2D eigenvalue weighted by atomic mass is 10.1. The Morgan fingerprint density at radius 3 is 2.82 bits per heavy atom. The summed E-state index contributed by atoms with van der Waals surface area (Å²) in [6, 6.07) is 6.92. The second-order valence-corrected chi connectivity index (χ2v) is 9.79. The Morgan fingerprint density at radius 1 is 1.32 bits per heavy atom. The molecule has 0 saturated carbocycles. The van der Waals surface area contributed by atoms with Gasteiger partial charge in [0.25, 0.3) is 0 Å². The van der Waals surface area contributed by atoms with Crippen molar-refractivity contribution < 1.29 is 17.9 Å². The van der Waals surface area contributed by atoms with Crippen LogP contribution in [0.15, 0.2) is 34.5 Å². The first-order valence-electron chi connectivity index (χ1n) is 9.09. The van der Waals surface area contributed by atoms with Crippen LogP contribution in [0, 0.1) is 0 Å². The van der Waals surface area contributed by atoms with E-state index in [1.165, 1.54) is 30.6 Å². The SMILES string of the molecule is CCOc1ccc(NCC(=O)N2CCc3sccc3C2)cc1S(=O)(=O)N(C)C. The standard InChI is InChI=1S/C19H25N3O4S2/c1-4-26-16-6-5-15(11-18(16)28(24,25)21(2)3)20-12-19(23)22-9-7-17-14(13-22)8-10-27-17/h5-6,8,10-11,20H,4,7,9,12-13H2,1-3H3. The molecule has 1 amide bonds. The fourth-order valence-corrected chi connectivity index (χ4v) is 4.98. The lowest BCUT2D eigenvalue weighted by molar-refractivity contribution is -0.130. The molecule has 0 unspecified atom stereocenters. The van der Waals surface area contributed by atoms with Crippen LogP contribution in [0.3, 0.4) is 0 Å². The number of nitrogens with zero attached hydrogens (tertiary/aromatic N) is 2. The molecular formula is C19H25N3O4S2. The summed E-state index contributed by atoms with van der Waals surface area (Å²) in [6.07, 6.45) is 0.882. The molecule has 0 spiro atoms. The number of amides is 1. The molecule has 3 rings (SSSR count). The molecule has 0 radical (unpaired) electrons. The van der Waals surface area contributed by atoms with E-state index in [4.69, 9.17) is 4.74 Å². The van der Waals surface area contributed by atoms with Crippen molar-refractivity contribution in [2.75, 3.05) is 39.1 Å². The number of hydrogen-bond donors (Lipinski definition) is 1. The molecule has 0 aliphatic carbocycles. The van der Waals surface area contributed by atoms with E-state index >= 15 is 0 Å². The smallest absolute Gasteiger partial charge is 0.246 e. The number of fused-ring (bicyclic) bond motifs is 1. The van der Waals surface area contributed by atoms with Gasteiger partial charge in [0.2, 0.25) is 15.9 Å². The molecule has 0 fully saturated rings. The second-order valence-electron chi connectivity index (χ2n) is 6.67. The monoisotopic (exact) mass is 423 g/mol. The summed E-state index contributed by atoms with van der Waals surface area (Å²) in [5.41, 5.74) is 1.77. The highest BCUT2D eigenvalue weighted by Gasteiger charge is 2.24. The molecule has 1 aliphatic heterocycles. The number of nitrogens with one attached hydrogen (secondary N) is 1. The zero-order valence-electron chi connectivity index (χ0n) is 16.3.